The lowest BCUT2D eigenvalue weighted by Crippen LogP contribution is -2.46. The number of likely N-dealkylation sites (tertiary alicyclic amines) is 1. The van der Waals surface area contributed by atoms with Crippen molar-refractivity contribution in [3.8, 4) is 11.5 Å². The van der Waals surface area contributed by atoms with Gasteiger partial charge in [0.25, 0.3) is 0 Å². The molecule has 0 saturated carbocycles. The fraction of sp³-hybridized carbons (Fsp3) is 0.500. The molecule has 9 nitrogen and oxygen atoms in total. The number of phenols is 1. The lowest BCUT2D eigenvalue weighted by atomic mass is 9.58. The second kappa shape index (κ2) is 16.0. The number of imide groups is 1. The van der Waals surface area contributed by atoms with Gasteiger partial charge in [0.1, 0.15) is 18.1 Å². The molecule has 256 valence electrons. The number of benzene rings is 2. The number of nitrogens with zero attached hydrogens (tertiary/aromatic N) is 1. The zero-order chi connectivity index (χ0) is 34.4. The number of hydrogen-bond acceptors (Lipinski definition) is 7. The van der Waals surface area contributed by atoms with Crippen molar-refractivity contribution in [3.63, 3.8) is 0 Å². The number of rotatable bonds is 15. The molecule has 2 aromatic rings. The largest absolute Gasteiger partial charge is 0.507 e. The molecule has 3 N–H and O–H groups in total. The third-order valence-electron chi connectivity index (χ3n) is 10.0. The van der Waals surface area contributed by atoms with E-state index in [2.05, 4.69) is 13.0 Å². The van der Waals surface area contributed by atoms with E-state index in [4.69, 9.17) is 14.5 Å². The van der Waals surface area contributed by atoms with Crippen LogP contribution in [-0.4, -0.2) is 64.3 Å². The number of aliphatic carboxylic acids is 1. The topological polar surface area (TPSA) is 134 Å². The molecule has 0 bridgehead atoms. The summed E-state index contributed by atoms with van der Waals surface area (Å²) < 4.78 is 12.5. The van der Waals surface area contributed by atoms with E-state index in [1.807, 2.05) is 56.3 Å². The summed E-state index contributed by atoms with van der Waals surface area (Å²) >= 11 is 0. The number of fused-ring (bicyclic) bond motifs is 3. The Bertz CT molecular complexity index is 1530. The van der Waals surface area contributed by atoms with Crippen LogP contribution in [0.15, 0.2) is 59.2 Å². The Hall–Kier alpha value is -3.89. The van der Waals surface area contributed by atoms with Gasteiger partial charge in [-0.1, -0.05) is 49.6 Å². The fourth-order valence-electron chi connectivity index (χ4n) is 7.81. The monoisotopic (exact) mass is 657 g/mol. The Morgan fingerprint density at radius 1 is 1.02 bits per heavy atom. The van der Waals surface area contributed by atoms with Gasteiger partial charge in [0.05, 0.1) is 17.9 Å². The molecule has 2 saturated heterocycles. The van der Waals surface area contributed by atoms with Crippen LogP contribution in [-0.2, 0) is 19.0 Å². The first-order valence-corrected chi connectivity index (χ1v) is 17.4. The minimum Gasteiger partial charge on any atom is -0.507 e. The quantitative estimate of drug-likeness (QED) is 0.0857. The molecule has 0 spiro atoms. The molecule has 48 heavy (non-hydrogen) atoms. The molecule has 5 rings (SSSR count). The Morgan fingerprint density at radius 2 is 1.75 bits per heavy atom. The summed E-state index contributed by atoms with van der Waals surface area (Å²) in [6.45, 7) is 6.46. The highest BCUT2D eigenvalue weighted by Crippen LogP contribution is 2.51. The standard InChI is InChI=1S/C38H48BNO8/c1-4-11-26(20-27-18-24(2)36(43)25(3)19-27)15-16-32-34-28(23-47-29-12-7-5-8-13-29)21-30-35(31(34)22-39(46)48-32)38(45)40(37(30)44)17-10-6-9-14-33(41)42/h5,7-8,12-13,18-20,30-32,35,43,46H,4,6,9-11,14-17,21-23H2,1-3H3,(H,41,42)/b26-20+/t30-,31+,32-,35-/m1/s1. The zero-order valence-electron chi connectivity index (χ0n) is 28.3. The molecular weight excluding hydrogens is 609 g/mol. The number of ether oxygens (including phenoxy) is 1. The van der Waals surface area contributed by atoms with Gasteiger partial charge < -0.3 is 24.6 Å². The van der Waals surface area contributed by atoms with E-state index in [-0.39, 0.29) is 43.6 Å². The summed E-state index contributed by atoms with van der Waals surface area (Å²) in [4.78, 5) is 39.9. The third kappa shape index (κ3) is 8.21. The van der Waals surface area contributed by atoms with E-state index in [0.717, 1.165) is 47.1 Å². The first-order valence-electron chi connectivity index (χ1n) is 17.4. The van der Waals surface area contributed by atoms with E-state index in [9.17, 15) is 24.5 Å². The van der Waals surface area contributed by atoms with Crippen LogP contribution in [0, 0.1) is 31.6 Å². The maximum Gasteiger partial charge on any atom is 0.455 e. The molecule has 3 aliphatic rings. The molecule has 1 aliphatic carbocycles. The number of para-hydroxylation sites is 1. The van der Waals surface area contributed by atoms with Crippen molar-refractivity contribution in [3.05, 3.63) is 75.9 Å². The maximum atomic E-state index is 13.9. The van der Waals surface area contributed by atoms with Crippen LogP contribution in [0.3, 0.4) is 0 Å². The van der Waals surface area contributed by atoms with Crippen LogP contribution >= 0.6 is 0 Å². The summed E-state index contributed by atoms with van der Waals surface area (Å²) in [5.74, 6) is -1.67. The average molecular weight is 658 g/mol. The van der Waals surface area contributed by atoms with Crippen molar-refractivity contribution < 1.29 is 39.0 Å². The molecule has 0 aromatic heterocycles. The SMILES string of the molecule is CCC/C(=C\c1cc(C)c(O)c(C)c1)CC[C@H]1OB(O)C[C@H]2C1=C(COc1ccccc1)C[C@H]1C(=O)N(CCCCCC(=O)O)C(=O)[C@H]12. The van der Waals surface area contributed by atoms with Crippen molar-refractivity contribution in [1.29, 1.82) is 0 Å². The smallest absolute Gasteiger partial charge is 0.455 e. The Labute approximate surface area is 283 Å². The highest BCUT2D eigenvalue weighted by Gasteiger charge is 2.57. The number of phenolic OH excluding ortho intramolecular Hbond substituents is 1. The summed E-state index contributed by atoms with van der Waals surface area (Å²) in [5, 5.41) is 30.2. The molecule has 4 atom stereocenters. The second-order valence-corrected chi connectivity index (χ2v) is 13.5. The maximum absolute atomic E-state index is 13.9. The van der Waals surface area contributed by atoms with Crippen molar-refractivity contribution in [2.24, 2.45) is 17.8 Å². The highest BCUT2D eigenvalue weighted by molar-refractivity contribution is 6.43. The minimum atomic E-state index is -1.06. The normalized spacial score (nSPS) is 22.6. The van der Waals surface area contributed by atoms with Gasteiger partial charge in [-0.2, -0.15) is 0 Å². The van der Waals surface area contributed by atoms with E-state index < -0.39 is 31.0 Å². The van der Waals surface area contributed by atoms with Gasteiger partial charge in [-0.3, -0.25) is 19.3 Å². The zero-order valence-corrected chi connectivity index (χ0v) is 28.3. The predicted molar refractivity (Wildman–Crippen MR) is 184 cm³/mol. The molecule has 10 heteroatoms. The summed E-state index contributed by atoms with van der Waals surface area (Å²) in [5.41, 5.74) is 5.86. The number of amides is 2. The van der Waals surface area contributed by atoms with Crippen LogP contribution < -0.4 is 4.74 Å². The number of allylic oxidation sites excluding steroid dienone is 1. The van der Waals surface area contributed by atoms with E-state index >= 15 is 0 Å². The van der Waals surface area contributed by atoms with Crippen molar-refractivity contribution in [2.45, 2.75) is 91.0 Å². The Balaban J connectivity index is 1.41. The number of unbranched alkanes of at least 4 members (excludes halogenated alkanes) is 2. The Morgan fingerprint density at radius 3 is 2.44 bits per heavy atom. The lowest BCUT2D eigenvalue weighted by molar-refractivity contribution is -0.141. The number of hydrogen-bond donors (Lipinski definition) is 3. The second-order valence-electron chi connectivity index (χ2n) is 13.5. The van der Waals surface area contributed by atoms with Crippen LogP contribution in [0.2, 0.25) is 6.32 Å². The van der Waals surface area contributed by atoms with E-state index in [0.29, 0.717) is 43.6 Å². The number of aromatic hydroxyl groups is 1. The van der Waals surface area contributed by atoms with Crippen molar-refractivity contribution in [1.82, 2.24) is 4.90 Å². The lowest BCUT2D eigenvalue weighted by Gasteiger charge is -2.43. The summed E-state index contributed by atoms with van der Waals surface area (Å²) in [6.07, 6.45) is 7.28. The van der Waals surface area contributed by atoms with Crippen LogP contribution in [0.4, 0.5) is 0 Å². The summed E-state index contributed by atoms with van der Waals surface area (Å²) in [6, 6.07) is 13.5. The van der Waals surface area contributed by atoms with Gasteiger partial charge in [0.15, 0.2) is 0 Å². The van der Waals surface area contributed by atoms with E-state index in [1.165, 1.54) is 10.5 Å². The van der Waals surface area contributed by atoms with Gasteiger partial charge in [0, 0.05) is 13.0 Å². The van der Waals surface area contributed by atoms with Crippen LogP contribution in [0.5, 0.6) is 11.5 Å². The number of carbonyl (C=O) groups excluding carboxylic acids is 2. The molecule has 2 fully saturated rings. The van der Waals surface area contributed by atoms with Crippen LogP contribution in [0.25, 0.3) is 6.08 Å². The van der Waals surface area contributed by atoms with Gasteiger partial charge in [-0.15, -0.1) is 0 Å². The molecule has 0 unspecified atom stereocenters. The molecular formula is C38H48BNO8. The predicted octanol–water partition coefficient (Wildman–Crippen LogP) is 6.49. The summed E-state index contributed by atoms with van der Waals surface area (Å²) in [7, 11) is -1.06. The minimum absolute atomic E-state index is 0.0654. The number of carboxylic acid groups (broad SMARTS) is 1. The molecule has 0 radical (unpaired) electrons. The highest BCUT2D eigenvalue weighted by atomic mass is 16.5. The Kier molecular flexibility index (Phi) is 11.8. The van der Waals surface area contributed by atoms with Crippen LogP contribution in [0.1, 0.15) is 81.4 Å². The van der Waals surface area contributed by atoms with E-state index in [1.54, 1.807) is 0 Å². The number of carbonyl (C=O) groups is 3. The third-order valence-corrected chi connectivity index (χ3v) is 10.0. The number of carboxylic acids is 1. The fourth-order valence-corrected chi connectivity index (χ4v) is 7.81. The molecule has 2 amide bonds. The first kappa shape index (κ1) is 35.4. The molecule has 2 aliphatic heterocycles. The van der Waals surface area contributed by atoms with Gasteiger partial charge in [0.2, 0.25) is 11.8 Å². The number of aryl methyl sites for hydroxylation is 2. The van der Waals surface area contributed by atoms with Gasteiger partial charge in [-0.25, -0.2) is 0 Å². The average Bonchev–Trinajstić information content (AvgIpc) is 3.29. The van der Waals surface area contributed by atoms with Gasteiger partial charge >= 0.3 is 13.1 Å². The van der Waals surface area contributed by atoms with Crippen molar-refractivity contribution in [2.75, 3.05) is 13.2 Å². The van der Waals surface area contributed by atoms with Gasteiger partial charge in [-0.05, 0) is 117 Å². The van der Waals surface area contributed by atoms with Crippen molar-refractivity contribution >= 4 is 31.0 Å². The molecule has 2 heterocycles. The molecule has 2 aromatic carbocycles. The first-order chi connectivity index (χ1) is 23.1.